The van der Waals surface area contributed by atoms with Gasteiger partial charge in [-0.2, -0.15) is 0 Å². The van der Waals surface area contributed by atoms with Gasteiger partial charge in [-0.15, -0.1) is 0 Å². The minimum absolute atomic E-state index is 0.344. The fourth-order valence-electron chi connectivity index (χ4n) is 1.19. The number of cyclic esters (lactones) is 2. The predicted molar refractivity (Wildman–Crippen MR) is 58.2 cm³/mol. The van der Waals surface area contributed by atoms with Crippen LogP contribution in [0.25, 0.3) is 0 Å². The van der Waals surface area contributed by atoms with Crippen LogP contribution in [0.2, 0.25) is 0 Å². The number of esters is 2. The highest BCUT2D eigenvalue weighted by Gasteiger charge is 2.28. The minimum atomic E-state index is -0.550. The number of ether oxygens (including phenoxy) is 1. The number of aliphatic hydroxyl groups excluding tert-OH is 1. The molecule has 1 aromatic rings. The molecule has 4 heteroatoms. The molecular weight excluding hydrogens is 208 g/mol. The molecule has 1 aliphatic heterocycles. The van der Waals surface area contributed by atoms with Crippen molar-refractivity contribution in [2.45, 2.75) is 19.8 Å². The molecule has 0 amide bonds. The second-order valence-electron chi connectivity index (χ2n) is 3.30. The summed E-state index contributed by atoms with van der Waals surface area (Å²) in [5, 5.41) is 8.07. The molecular formula is C12H14O4. The van der Waals surface area contributed by atoms with Crippen LogP contribution < -0.4 is 0 Å². The summed E-state index contributed by atoms with van der Waals surface area (Å²) in [5.74, 6) is -1.10. The van der Waals surface area contributed by atoms with Crippen molar-refractivity contribution in [3.8, 4) is 0 Å². The summed E-state index contributed by atoms with van der Waals surface area (Å²) in [6.07, 6.45) is 2.04. The number of fused-ring (bicyclic) bond motifs is 1. The van der Waals surface area contributed by atoms with Crippen molar-refractivity contribution in [1.29, 1.82) is 0 Å². The van der Waals surface area contributed by atoms with E-state index in [9.17, 15) is 9.59 Å². The molecule has 0 aliphatic carbocycles. The van der Waals surface area contributed by atoms with Gasteiger partial charge in [-0.05, 0) is 18.6 Å². The Morgan fingerprint density at radius 2 is 1.62 bits per heavy atom. The lowest BCUT2D eigenvalue weighted by atomic mass is 10.1. The summed E-state index contributed by atoms with van der Waals surface area (Å²) in [6.45, 7) is 2.40. The Bertz CT molecular complexity index is 349. The van der Waals surface area contributed by atoms with Crippen LogP contribution in [0.1, 0.15) is 40.5 Å². The quantitative estimate of drug-likeness (QED) is 0.612. The Balaban J connectivity index is 0.000000221. The molecule has 0 atom stereocenters. The van der Waals surface area contributed by atoms with Gasteiger partial charge in [0.2, 0.25) is 0 Å². The van der Waals surface area contributed by atoms with E-state index in [-0.39, 0.29) is 0 Å². The van der Waals surface area contributed by atoms with Crippen molar-refractivity contribution in [2.24, 2.45) is 0 Å². The lowest BCUT2D eigenvalue weighted by Gasteiger charge is -1.86. The van der Waals surface area contributed by atoms with E-state index in [1.54, 1.807) is 24.3 Å². The van der Waals surface area contributed by atoms with E-state index in [2.05, 4.69) is 11.7 Å². The second-order valence-corrected chi connectivity index (χ2v) is 3.30. The third kappa shape index (κ3) is 2.90. The molecule has 0 bridgehead atoms. The molecule has 2 rings (SSSR count). The van der Waals surface area contributed by atoms with E-state index in [0.717, 1.165) is 12.8 Å². The third-order valence-electron chi connectivity index (χ3n) is 2.06. The summed E-state index contributed by atoms with van der Waals surface area (Å²) >= 11 is 0. The Labute approximate surface area is 93.9 Å². The first-order valence-corrected chi connectivity index (χ1v) is 5.17. The van der Waals surface area contributed by atoms with Gasteiger partial charge in [0.1, 0.15) is 0 Å². The number of rotatable bonds is 2. The van der Waals surface area contributed by atoms with Gasteiger partial charge in [0.25, 0.3) is 0 Å². The van der Waals surface area contributed by atoms with Gasteiger partial charge in [-0.25, -0.2) is 9.59 Å². The van der Waals surface area contributed by atoms with Crippen LogP contribution in [0.3, 0.4) is 0 Å². The lowest BCUT2D eigenvalue weighted by Crippen LogP contribution is -1.96. The summed E-state index contributed by atoms with van der Waals surface area (Å²) in [6, 6.07) is 6.53. The van der Waals surface area contributed by atoms with Crippen LogP contribution >= 0.6 is 0 Å². The van der Waals surface area contributed by atoms with E-state index >= 15 is 0 Å². The molecule has 86 valence electrons. The molecule has 1 aromatic carbocycles. The molecule has 0 fully saturated rings. The van der Waals surface area contributed by atoms with Crippen molar-refractivity contribution >= 4 is 11.9 Å². The number of hydrogen-bond acceptors (Lipinski definition) is 4. The van der Waals surface area contributed by atoms with Crippen LogP contribution in [0, 0.1) is 0 Å². The van der Waals surface area contributed by atoms with Crippen LogP contribution in [-0.4, -0.2) is 23.7 Å². The molecule has 0 unspecified atom stereocenters. The summed E-state index contributed by atoms with van der Waals surface area (Å²) in [5.41, 5.74) is 0.718. The predicted octanol–water partition coefficient (Wildman–Crippen LogP) is 1.78. The minimum Gasteiger partial charge on any atom is -0.396 e. The summed E-state index contributed by atoms with van der Waals surface area (Å²) in [4.78, 5) is 21.7. The first kappa shape index (κ1) is 12.4. The maximum atomic E-state index is 10.8. The smallest absolute Gasteiger partial charge is 0.346 e. The Morgan fingerprint density at radius 1 is 1.12 bits per heavy atom. The molecule has 0 spiro atoms. The zero-order valence-corrected chi connectivity index (χ0v) is 9.10. The highest BCUT2D eigenvalue weighted by atomic mass is 16.6. The number of hydrogen-bond donors (Lipinski definition) is 1. The molecule has 4 nitrogen and oxygen atoms in total. The van der Waals surface area contributed by atoms with E-state index in [4.69, 9.17) is 5.11 Å². The Kier molecular flexibility index (Phi) is 4.66. The van der Waals surface area contributed by atoms with E-state index in [1.807, 2.05) is 0 Å². The second kappa shape index (κ2) is 6.02. The third-order valence-corrected chi connectivity index (χ3v) is 2.06. The van der Waals surface area contributed by atoms with Gasteiger partial charge in [0.05, 0.1) is 11.1 Å². The van der Waals surface area contributed by atoms with Gasteiger partial charge >= 0.3 is 11.9 Å². The van der Waals surface area contributed by atoms with Crippen LogP contribution in [0.5, 0.6) is 0 Å². The highest BCUT2D eigenvalue weighted by Crippen LogP contribution is 2.18. The van der Waals surface area contributed by atoms with Crippen molar-refractivity contribution < 1.29 is 19.4 Å². The van der Waals surface area contributed by atoms with Crippen LogP contribution in [0.15, 0.2) is 24.3 Å². The molecule has 0 radical (unpaired) electrons. The molecule has 0 saturated heterocycles. The van der Waals surface area contributed by atoms with Crippen LogP contribution in [-0.2, 0) is 4.74 Å². The number of carbonyl (C=O) groups is 2. The van der Waals surface area contributed by atoms with Gasteiger partial charge in [-0.1, -0.05) is 25.5 Å². The molecule has 1 aliphatic rings. The summed E-state index contributed by atoms with van der Waals surface area (Å²) in [7, 11) is 0. The SMILES string of the molecule is CCCCO.O=C1OC(=O)c2ccccc21. The fourth-order valence-corrected chi connectivity index (χ4v) is 1.19. The van der Waals surface area contributed by atoms with E-state index in [0.29, 0.717) is 17.7 Å². The van der Waals surface area contributed by atoms with Crippen molar-refractivity contribution in [1.82, 2.24) is 0 Å². The summed E-state index contributed by atoms with van der Waals surface area (Å²) < 4.78 is 4.35. The monoisotopic (exact) mass is 222 g/mol. The van der Waals surface area contributed by atoms with Crippen molar-refractivity contribution in [3.63, 3.8) is 0 Å². The van der Waals surface area contributed by atoms with E-state index < -0.39 is 11.9 Å². The lowest BCUT2D eigenvalue weighted by molar-refractivity contribution is 0.0444. The van der Waals surface area contributed by atoms with Gasteiger partial charge in [0, 0.05) is 6.61 Å². The molecule has 0 aromatic heterocycles. The van der Waals surface area contributed by atoms with E-state index in [1.165, 1.54) is 0 Å². The standard InChI is InChI=1S/C8H4O3.C4H10O/c9-7-5-3-1-2-4-6(5)8(10)11-7;1-2-3-4-5/h1-4H;5H,2-4H2,1H3. The van der Waals surface area contributed by atoms with Crippen LogP contribution in [0.4, 0.5) is 0 Å². The first-order valence-electron chi connectivity index (χ1n) is 5.17. The average Bonchev–Trinajstić information content (AvgIpc) is 2.58. The fraction of sp³-hybridized carbons (Fsp3) is 0.333. The molecule has 1 heterocycles. The molecule has 16 heavy (non-hydrogen) atoms. The van der Waals surface area contributed by atoms with Crippen molar-refractivity contribution in [3.05, 3.63) is 35.4 Å². The topological polar surface area (TPSA) is 63.6 Å². The average molecular weight is 222 g/mol. The number of benzene rings is 1. The van der Waals surface area contributed by atoms with Gasteiger partial charge in [0.15, 0.2) is 0 Å². The van der Waals surface area contributed by atoms with Crippen molar-refractivity contribution in [2.75, 3.05) is 6.61 Å². The zero-order chi connectivity index (χ0) is 12.0. The molecule has 1 N–H and O–H groups in total. The first-order chi connectivity index (χ1) is 7.70. The maximum absolute atomic E-state index is 10.8. The Hall–Kier alpha value is -1.68. The van der Waals surface area contributed by atoms with Gasteiger partial charge in [-0.3, -0.25) is 0 Å². The maximum Gasteiger partial charge on any atom is 0.346 e. The Morgan fingerprint density at radius 3 is 1.94 bits per heavy atom. The largest absolute Gasteiger partial charge is 0.396 e. The number of carbonyl (C=O) groups excluding carboxylic acids is 2. The van der Waals surface area contributed by atoms with Gasteiger partial charge < -0.3 is 9.84 Å². The number of unbranched alkanes of at least 4 members (excludes halogenated alkanes) is 1. The highest BCUT2D eigenvalue weighted by molar-refractivity contribution is 6.14. The molecule has 0 saturated carbocycles. The number of aliphatic hydroxyl groups is 1. The zero-order valence-electron chi connectivity index (χ0n) is 9.10. The normalized spacial score (nSPS) is 12.6.